The van der Waals surface area contributed by atoms with Crippen molar-refractivity contribution in [3.63, 3.8) is 0 Å². The fourth-order valence-corrected chi connectivity index (χ4v) is 9.34. The fourth-order valence-electron chi connectivity index (χ4n) is 5.41. The second-order valence-electron chi connectivity index (χ2n) is 8.48. The van der Waals surface area contributed by atoms with Gasteiger partial charge < -0.3 is 24.3 Å². The summed E-state index contributed by atoms with van der Waals surface area (Å²) >= 11 is 4.23. The van der Waals surface area contributed by atoms with Crippen LogP contribution in [-0.4, -0.2) is 55.4 Å². The summed E-state index contributed by atoms with van der Waals surface area (Å²) < 4.78 is 21.7. The van der Waals surface area contributed by atoms with Crippen molar-refractivity contribution in [1.82, 2.24) is 0 Å². The number of amides is 1. The lowest BCUT2D eigenvalue weighted by atomic mass is 9.67. The van der Waals surface area contributed by atoms with Gasteiger partial charge in [0.1, 0.15) is 0 Å². The van der Waals surface area contributed by atoms with E-state index in [4.69, 9.17) is 18.9 Å². The molecule has 4 rings (SSSR count). The van der Waals surface area contributed by atoms with Crippen molar-refractivity contribution in [2.45, 2.75) is 36.2 Å². The minimum Gasteiger partial charge on any atom is -0.493 e. The number of ether oxygens (including phenoxy) is 4. The molecule has 1 aromatic rings. The van der Waals surface area contributed by atoms with E-state index in [2.05, 4.69) is 28.8 Å². The third kappa shape index (κ3) is 4.51. The van der Waals surface area contributed by atoms with Crippen LogP contribution in [0.2, 0.25) is 0 Å². The molecular weight excluding hydrogens is 450 g/mol. The average Bonchev–Trinajstić information content (AvgIpc) is 3.26. The smallest absolute Gasteiger partial charge is 0.309 e. The second-order valence-corrected chi connectivity index (χ2v) is 11.5. The topological polar surface area (TPSA) is 83.1 Å². The van der Waals surface area contributed by atoms with Gasteiger partial charge in [0, 0.05) is 29.3 Å². The van der Waals surface area contributed by atoms with E-state index < -0.39 is 5.91 Å². The van der Waals surface area contributed by atoms with Crippen LogP contribution in [0.3, 0.4) is 0 Å². The highest BCUT2D eigenvalue weighted by atomic mass is 32.2. The van der Waals surface area contributed by atoms with E-state index >= 15 is 0 Å². The Kier molecular flexibility index (Phi) is 7.34. The van der Waals surface area contributed by atoms with E-state index in [0.29, 0.717) is 38.9 Å². The highest BCUT2D eigenvalue weighted by molar-refractivity contribution is 8.21. The second kappa shape index (κ2) is 10.0. The summed E-state index contributed by atoms with van der Waals surface area (Å²) in [6.07, 6.45) is 5.41. The van der Waals surface area contributed by atoms with Crippen molar-refractivity contribution >= 4 is 41.1 Å². The molecule has 3 aliphatic rings. The first kappa shape index (κ1) is 23.4. The number of nitrogens with one attached hydrogen (secondary N) is 1. The Morgan fingerprint density at radius 2 is 1.59 bits per heavy atom. The molecule has 7 nitrogen and oxygen atoms in total. The molecule has 0 radical (unpaired) electrons. The van der Waals surface area contributed by atoms with E-state index in [1.165, 1.54) is 52.1 Å². The third-order valence-electron chi connectivity index (χ3n) is 6.75. The number of benzene rings is 1. The fraction of sp³-hybridized carbons (Fsp3) is 0.652. The Morgan fingerprint density at radius 3 is 2.12 bits per heavy atom. The number of methoxy groups -OCH3 is 3. The molecule has 3 fully saturated rings. The molecule has 1 unspecified atom stereocenters. The monoisotopic (exact) mass is 481 g/mol. The Bertz CT molecular complexity index is 816. The van der Waals surface area contributed by atoms with E-state index in [9.17, 15) is 9.59 Å². The van der Waals surface area contributed by atoms with Crippen molar-refractivity contribution in [3.05, 3.63) is 12.1 Å². The highest BCUT2D eigenvalue weighted by Crippen LogP contribution is 2.64. The number of hydrogen-bond acceptors (Lipinski definition) is 8. The lowest BCUT2D eigenvalue weighted by Crippen LogP contribution is -2.48. The predicted octanol–water partition coefficient (Wildman–Crippen LogP) is 4.20. The molecule has 32 heavy (non-hydrogen) atoms. The molecule has 2 saturated carbocycles. The molecule has 1 aromatic carbocycles. The molecule has 1 spiro atoms. The SMILES string of the molecule is COc1cc(NC(=O)COC(=O)C2C[C@H]3CCC[C@@H](C2)C32SCCS2)cc(OC)c1OC. The zero-order valence-corrected chi connectivity index (χ0v) is 20.4. The number of rotatable bonds is 7. The molecule has 2 aliphatic carbocycles. The summed E-state index contributed by atoms with van der Waals surface area (Å²) in [6, 6.07) is 3.28. The van der Waals surface area contributed by atoms with Gasteiger partial charge in [-0.25, -0.2) is 0 Å². The lowest BCUT2D eigenvalue weighted by Gasteiger charge is -2.51. The predicted molar refractivity (Wildman–Crippen MR) is 127 cm³/mol. The summed E-state index contributed by atoms with van der Waals surface area (Å²) in [5, 5.41) is 2.74. The van der Waals surface area contributed by atoms with Crippen LogP contribution in [0.25, 0.3) is 0 Å². The van der Waals surface area contributed by atoms with Gasteiger partial charge in [-0.3, -0.25) is 9.59 Å². The molecule has 0 aromatic heterocycles. The number of thioether (sulfide) groups is 2. The van der Waals surface area contributed by atoms with Gasteiger partial charge in [-0.15, -0.1) is 23.5 Å². The largest absolute Gasteiger partial charge is 0.493 e. The summed E-state index contributed by atoms with van der Waals surface area (Å²) in [5.41, 5.74) is 0.477. The average molecular weight is 482 g/mol. The Hall–Kier alpha value is -1.74. The minimum absolute atomic E-state index is 0.105. The Balaban J connectivity index is 1.33. The van der Waals surface area contributed by atoms with E-state index in [0.717, 1.165) is 12.8 Å². The summed E-state index contributed by atoms with van der Waals surface area (Å²) in [5.74, 6) is 4.13. The first-order valence-corrected chi connectivity index (χ1v) is 13.0. The molecule has 1 amide bonds. The number of esters is 1. The Morgan fingerprint density at radius 1 is 1.00 bits per heavy atom. The number of anilines is 1. The van der Waals surface area contributed by atoms with Gasteiger partial charge in [-0.1, -0.05) is 6.42 Å². The minimum atomic E-state index is -0.401. The summed E-state index contributed by atoms with van der Waals surface area (Å²) in [4.78, 5) is 25.2. The summed E-state index contributed by atoms with van der Waals surface area (Å²) in [6.45, 7) is -0.310. The quantitative estimate of drug-likeness (QED) is 0.581. The van der Waals surface area contributed by atoms with Crippen LogP contribution in [-0.2, 0) is 14.3 Å². The van der Waals surface area contributed by atoms with Crippen molar-refractivity contribution < 1.29 is 28.5 Å². The van der Waals surface area contributed by atoms with Gasteiger partial charge in [-0.2, -0.15) is 0 Å². The molecule has 176 valence electrons. The van der Waals surface area contributed by atoms with Crippen LogP contribution in [0, 0.1) is 17.8 Å². The van der Waals surface area contributed by atoms with Crippen molar-refractivity contribution in [3.8, 4) is 17.2 Å². The number of hydrogen-bond donors (Lipinski definition) is 1. The summed E-state index contributed by atoms with van der Waals surface area (Å²) in [7, 11) is 4.54. The van der Waals surface area contributed by atoms with Gasteiger partial charge in [-0.05, 0) is 37.5 Å². The molecule has 9 heteroatoms. The normalized spacial score (nSPS) is 25.8. The van der Waals surface area contributed by atoms with E-state index in [1.807, 2.05) is 0 Å². The van der Waals surface area contributed by atoms with Crippen LogP contribution in [0.5, 0.6) is 17.2 Å². The molecule has 1 N–H and O–H groups in total. The van der Waals surface area contributed by atoms with Crippen LogP contribution < -0.4 is 19.5 Å². The van der Waals surface area contributed by atoms with Crippen LogP contribution >= 0.6 is 23.5 Å². The van der Waals surface area contributed by atoms with Gasteiger partial charge in [0.15, 0.2) is 18.1 Å². The molecule has 1 heterocycles. The highest BCUT2D eigenvalue weighted by Gasteiger charge is 2.55. The van der Waals surface area contributed by atoms with Gasteiger partial charge in [0.25, 0.3) is 5.91 Å². The zero-order chi connectivity index (χ0) is 22.7. The van der Waals surface area contributed by atoms with Gasteiger partial charge in [0.05, 0.1) is 31.3 Å². The molecular formula is C23H31NO6S2. The standard InChI is InChI=1S/C23H31NO6S2/c1-27-18-11-17(12-19(28-2)21(18)29-3)24-20(25)13-30-22(26)14-9-15-5-4-6-16(10-14)23(15)31-7-8-32-23/h11-12,14-16H,4-10,13H2,1-3H3,(H,24,25)/t14?,15-,16+. The van der Waals surface area contributed by atoms with E-state index in [-0.39, 0.29) is 18.5 Å². The number of carbonyl (C=O) groups is 2. The maximum atomic E-state index is 12.8. The zero-order valence-electron chi connectivity index (χ0n) is 18.8. The van der Waals surface area contributed by atoms with Crippen molar-refractivity contribution in [1.29, 1.82) is 0 Å². The first-order valence-electron chi connectivity index (χ1n) is 11.0. The molecule has 2 bridgehead atoms. The van der Waals surface area contributed by atoms with Crippen molar-refractivity contribution in [2.24, 2.45) is 17.8 Å². The lowest BCUT2D eigenvalue weighted by molar-refractivity contribution is -0.154. The maximum Gasteiger partial charge on any atom is 0.309 e. The molecule has 1 saturated heterocycles. The van der Waals surface area contributed by atoms with Crippen LogP contribution in [0.15, 0.2) is 12.1 Å². The van der Waals surface area contributed by atoms with Gasteiger partial charge in [0.2, 0.25) is 5.75 Å². The molecule has 1 aliphatic heterocycles. The first-order chi connectivity index (χ1) is 15.5. The number of carbonyl (C=O) groups excluding carboxylic acids is 2. The third-order valence-corrected chi connectivity index (χ3v) is 10.8. The van der Waals surface area contributed by atoms with Crippen LogP contribution in [0.4, 0.5) is 5.69 Å². The van der Waals surface area contributed by atoms with Crippen LogP contribution in [0.1, 0.15) is 32.1 Å². The van der Waals surface area contributed by atoms with Crippen molar-refractivity contribution in [2.75, 3.05) is 44.8 Å². The molecule has 3 atom stereocenters. The maximum absolute atomic E-state index is 12.8. The Labute approximate surface area is 197 Å². The van der Waals surface area contributed by atoms with Gasteiger partial charge >= 0.3 is 5.97 Å². The van der Waals surface area contributed by atoms with E-state index in [1.54, 1.807) is 12.1 Å².